The minimum atomic E-state index is -0.290. The predicted molar refractivity (Wildman–Crippen MR) is 151 cm³/mol. The molecule has 3 heterocycles. The summed E-state index contributed by atoms with van der Waals surface area (Å²) in [6.07, 6.45) is 6.81. The molecule has 0 bridgehead atoms. The number of allylic oxidation sites excluding steroid dienone is 2. The molecule has 6 rings (SSSR count). The summed E-state index contributed by atoms with van der Waals surface area (Å²) in [5.74, 6) is -0.304. The van der Waals surface area contributed by atoms with Gasteiger partial charge in [-0.3, -0.25) is 19.5 Å². The van der Waals surface area contributed by atoms with Gasteiger partial charge in [0.25, 0.3) is 0 Å². The first-order valence-electron chi connectivity index (χ1n) is 14.0. The Balaban J connectivity index is 1.29. The third kappa shape index (κ3) is 4.47. The van der Waals surface area contributed by atoms with Crippen LogP contribution in [0.25, 0.3) is 22.4 Å². The van der Waals surface area contributed by atoms with E-state index in [4.69, 9.17) is 4.74 Å². The summed E-state index contributed by atoms with van der Waals surface area (Å²) in [7, 11) is 0. The molecule has 1 aromatic heterocycles. The molecule has 1 N–H and O–H groups in total. The SMILES string of the molecule is CCCN1C(=O)[C@@H]2[C@@H](CC(C)=C3[C@@H](CC/C(=C/c4ccc(O)c5ccccc45)c4ccccn4)OC[C@@H]32)C1=O. The van der Waals surface area contributed by atoms with E-state index in [1.54, 1.807) is 12.3 Å². The van der Waals surface area contributed by atoms with Crippen LogP contribution in [-0.4, -0.2) is 46.1 Å². The molecule has 0 radical (unpaired) electrons. The average Bonchev–Trinajstić information content (AvgIpc) is 3.48. The van der Waals surface area contributed by atoms with Crippen LogP contribution in [0.2, 0.25) is 0 Å². The molecule has 2 fully saturated rings. The van der Waals surface area contributed by atoms with Crippen molar-refractivity contribution in [1.82, 2.24) is 9.88 Å². The van der Waals surface area contributed by atoms with Crippen LogP contribution in [0.3, 0.4) is 0 Å². The summed E-state index contributed by atoms with van der Waals surface area (Å²) >= 11 is 0. The van der Waals surface area contributed by atoms with E-state index in [1.807, 2.05) is 55.5 Å². The molecule has 200 valence electrons. The van der Waals surface area contributed by atoms with Crippen LogP contribution < -0.4 is 0 Å². The number of pyridine rings is 1. The number of hydrogen-bond acceptors (Lipinski definition) is 5. The maximum Gasteiger partial charge on any atom is 0.233 e. The van der Waals surface area contributed by atoms with Crippen molar-refractivity contribution in [3.05, 3.63) is 83.2 Å². The molecule has 0 saturated carbocycles. The number of imide groups is 1. The van der Waals surface area contributed by atoms with Gasteiger partial charge in [-0.1, -0.05) is 48.9 Å². The van der Waals surface area contributed by atoms with Gasteiger partial charge in [0.15, 0.2) is 0 Å². The molecule has 0 spiro atoms. The Morgan fingerprint density at radius 2 is 1.85 bits per heavy atom. The first-order valence-corrected chi connectivity index (χ1v) is 14.0. The van der Waals surface area contributed by atoms with Crippen molar-refractivity contribution in [2.45, 2.75) is 45.6 Å². The molecule has 2 saturated heterocycles. The van der Waals surface area contributed by atoms with Gasteiger partial charge in [0.1, 0.15) is 5.75 Å². The lowest BCUT2D eigenvalue weighted by atomic mass is 9.70. The number of fused-ring (bicyclic) bond motifs is 4. The van der Waals surface area contributed by atoms with Crippen LogP contribution in [0.15, 0.2) is 71.9 Å². The summed E-state index contributed by atoms with van der Waals surface area (Å²) in [4.78, 5) is 32.4. The van der Waals surface area contributed by atoms with E-state index in [1.165, 1.54) is 16.0 Å². The number of phenols is 1. The second-order valence-electron chi connectivity index (χ2n) is 11.0. The fourth-order valence-corrected chi connectivity index (χ4v) is 6.87. The second-order valence-corrected chi connectivity index (χ2v) is 11.0. The van der Waals surface area contributed by atoms with E-state index in [0.717, 1.165) is 46.9 Å². The number of amides is 2. The highest BCUT2D eigenvalue weighted by molar-refractivity contribution is 6.06. The first kappa shape index (κ1) is 25.5. The molecule has 4 atom stereocenters. The zero-order chi connectivity index (χ0) is 27.1. The molecular formula is C33H34N2O4. The van der Waals surface area contributed by atoms with Gasteiger partial charge >= 0.3 is 0 Å². The molecule has 6 heteroatoms. The van der Waals surface area contributed by atoms with Crippen LogP contribution in [0, 0.1) is 17.8 Å². The molecule has 0 unspecified atom stereocenters. The van der Waals surface area contributed by atoms with Gasteiger partial charge in [-0.2, -0.15) is 0 Å². The van der Waals surface area contributed by atoms with Crippen molar-refractivity contribution in [1.29, 1.82) is 0 Å². The minimum Gasteiger partial charge on any atom is -0.507 e. The Bertz CT molecular complexity index is 1490. The number of carbonyl (C=O) groups is 2. The summed E-state index contributed by atoms with van der Waals surface area (Å²) in [6, 6.07) is 17.5. The smallest absolute Gasteiger partial charge is 0.233 e. The third-order valence-corrected chi connectivity index (χ3v) is 8.63. The zero-order valence-electron chi connectivity index (χ0n) is 22.5. The second kappa shape index (κ2) is 10.4. The van der Waals surface area contributed by atoms with Crippen LogP contribution in [0.1, 0.15) is 50.8 Å². The van der Waals surface area contributed by atoms with Crippen molar-refractivity contribution >= 4 is 34.2 Å². The van der Waals surface area contributed by atoms with E-state index in [-0.39, 0.29) is 41.4 Å². The van der Waals surface area contributed by atoms with Crippen LogP contribution >= 0.6 is 0 Å². The third-order valence-electron chi connectivity index (χ3n) is 8.63. The first-order chi connectivity index (χ1) is 19.0. The average molecular weight is 523 g/mol. The van der Waals surface area contributed by atoms with E-state index < -0.39 is 0 Å². The molecule has 2 amide bonds. The number of hydrogen-bond donors (Lipinski definition) is 1. The monoisotopic (exact) mass is 522 g/mol. The van der Waals surface area contributed by atoms with Crippen molar-refractivity contribution in [3.8, 4) is 5.75 Å². The number of aromatic hydroxyl groups is 1. The fraction of sp³-hybridized carbons (Fsp3) is 0.364. The lowest BCUT2D eigenvalue weighted by Gasteiger charge is -2.30. The van der Waals surface area contributed by atoms with Crippen molar-refractivity contribution in [2.24, 2.45) is 17.8 Å². The van der Waals surface area contributed by atoms with E-state index in [0.29, 0.717) is 19.6 Å². The molecule has 3 aromatic rings. The van der Waals surface area contributed by atoms with Gasteiger partial charge in [-0.05, 0) is 79.0 Å². The lowest BCUT2D eigenvalue weighted by molar-refractivity contribution is -0.140. The number of carbonyl (C=O) groups excluding carboxylic acids is 2. The van der Waals surface area contributed by atoms with E-state index in [9.17, 15) is 14.7 Å². The topological polar surface area (TPSA) is 79.7 Å². The van der Waals surface area contributed by atoms with Gasteiger partial charge in [-0.15, -0.1) is 0 Å². The maximum atomic E-state index is 13.3. The fourth-order valence-electron chi connectivity index (χ4n) is 6.87. The van der Waals surface area contributed by atoms with Gasteiger partial charge in [0.05, 0.1) is 30.2 Å². The molecule has 2 aromatic carbocycles. The Kier molecular flexibility index (Phi) is 6.81. The highest BCUT2D eigenvalue weighted by Crippen LogP contribution is 2.50. The van der Waals surface area contributed by atoms with Gasteiger partial charge in [0, 0.05) is 24.0 Å². The summed E-state index contributed by atoms with van der Waals surface area (Å²) in [5, 5.41) is 12.2. The minimum absolute atomic E-state index is 0.00445. The molecule has 2 aliphatic heterocycles. The number of likely N-dealkylation sites (tertiary alicyclic amines) is 1. The highest BCUT2D eigenvalue weighted by atomic mass is 16.5. The molecule has 39 heavy (non-hydrogen) atoms. The van der Waals surface area contributed by atoms with E-state index >= 15 is 0 Å². The van der Waals surface area contributed by atoms with Crippen molar-refractivity contribution < 1.29 is 19.4 Å². The predicted octanol–water partition coefficient (Wildman–Crippen LogP) is 6.01. The number of nitrogens with zero attached hydrogens (tertiary/aromatic N) is 2. The van der Waals surface area contributed by atoms with Crippen LogP contribution in [0.4, 0.5) is 0 Å². The number of ether oxygens (including phenoxy) is 1. The van der Waals surface area contributed by atoms with Gasteiger partial charge in [-0.25, -0.2) is 0 Å². The van der Waals surface area contributed by atoms with Gasteiger partial charge in [0.2, 0.25) is 11.8 Å². The molecule has 6 nitrogen and oxygen atoms in total. The van der Waals surface area contributed by atoms with Crippen molar-refractivity contribution in [2.75, 3.05) is 13.2 Å². The Hall–Kier alpha value is -3.77. The van der Waals surface area contributed by atoms with Crippen LogP contribution in [-0.2, 0) is 14.3 Å². The van der Waals surface area contributed by atoms with Gasteiger partial charge < -0.3 is 9.84 Å². The largest absolute Gasteiger partial charge is 0.507 e. The summed E-state index contributed by atoms with van der Waals surface area (Å²) < 4.78 is 6.36. The number of rotatable bonds is 7. The molecule has 1 aliphatic carbocycles. The van der Waals surface area contributed by atoms with Crippen molar-refractivity contribution in [3.63, 3.8) is 0 Å². The zero-order valence-corrected chi connectivity index (χ0v) is 22.5. The maximum absolute atomic E-state index is 13.3. The lowest BCUT2D eigenvalue weighted by Crippen LogP contribution is -2.34. The normalized spacial score (nSPS) is 25.0. The number of phenolic OH excluding ortho intramolecular Hbond substituents is 1. The van der Waals surface area contributed by atoms with E-state index in [2.05, 4.69) is 18.0 Å². The Morgan fingerprint density at radius 1 is 1.05 bits per heavy atom. The van der Waals surface area contributed by atoms with Crippen LogP contribution in [0.5, 0.6) is 5.75 Å². The Morgan fingerprint density at radius 3 is 2.62 bits per heavy atom. The summed E-state index contributed by atoms with van der Waals surface area (Å²) in [5.41, 5.74) is 5.45. The molecule has 3 aliphatic rings. The number of benzene rings is 2. The number of aromatic nitrogens is 1. The Labute approximate surface area is 229 Å². The molecular weight excluding hydrogens is 488 g/mol. The highest BCUT2D eigenvalue weighted by Gasteiger charge is 2.56. The standard InChI is InChI=1S/C33H34N2O4/c1-3-16-35-32(37)25-17-20(2)30-26(31(25)33(35)38)19-39-29(30)14-12-22(27-10-6-7-15-34-27)18-21-11-13-28(36)24-9-5-4-8-23(21)24/h4-11,13,15,18,25-26,29,31,36H,3,12,14,16-17,19H2,1-2H3/b22-18-/t25-,26+,29-,31-/m1/s1. The summed E-state index contributed by atoms with van der Waals surface area (Å²) in [6.45, 7) is 5.10. The quantitative estimate of drug-likeness (QED) is 0.304.